The average molecular weight is 314 g/mol. The van der Waals surface area contributed by atoms with Crippen LogP contribution in [0.25, 0.3) is 0 Å². The molecule has 2 aromatic carbocycles. The largest absolute Gasteiger partial charge is 0.289 e. The first-order valence-electron chi connectivity index (χ1n) is 4.83. The van der Waals surface area contributed by atoms with Gasteiger partial charge in [0, 0.05) is 15.6 Å². The van der Waals surface area contributed by atoms with Crippen molar-refractivity contribution in [1.29, 1.82) is 0 Å². The van der Waals surface area contributed by atoms with Crippen LogP contribution < -0.4 is 0 Å². The highest BCUT2D eigenvalue weighted by atomic mass is 79.9. The Kier molecular flexibility index (Phi) is 3.60. The van der Waals surface area contributed by atoms with Gasteiger partial charge in [-0.25, -0.2) is 4.39 Å². The fourth-order valence-electron chi connectivity index (χ4n) is 1.49. The van der Waals surface area contributed by atoms with Crippen LogP contribution in [-0.4, -0.2) is 5.78 Å². The molecule has 1 nitrogen and oxygen atoms in total. The average Bonchev–Trinajstić information content (AvgIpc) is 2.27. The molecule has 86 valence electrons. The third-order valence-corrected chi connectivity index (χ3v) is 3.03. The van der Waals surface area contributed by atoms with Crippen LogP contribution in [0, 0.1) is 5.82 Å². The van der Waals surface area contributed by atoms with Gasteiger partial charge in [0.05, 0.1) is 5.02 Å². The fraction of sp³-hybridized carbons (Fsp3) is 0. The number of ketones is 1. The Balaban J connectivity index is 2.48. The van der Waals surface area contributed by atoms with Gasteiger partial charge in [-0.05, 0) is 30.3 Å². The Labute approximate surface area is 111 Å². The lowest BCUT2D eigenvalue weighted by atomic mass is 10.0. The van der Waals surface area contributed by atoms with Crippen molar-refractivity contribution in [2.24, 2.45) is 0 Å². The van der Waals surface area contributed by atoms with Crippen molar-refractivity contribution in [1.82, 2.24) is 0 Å². The van der Waals surface area contributed by atoms with Crippen molar-refractivity contribution < 1.29 is 9.18 Å². The zero-order chi connectivity index (χ0) is 12.4. The molecular formula is C13H7BrClFO. The SMILES string of the molecule is O=C(c1cc(F)cc(Br)c1)c1ccccc1Cl. The van der Waals surface area contributed by atoms with Crippen LogP contribution in [0.5, 0.6) is 0 Å². The van der Waals surface area contributed by atoms with E-state index in [9.17, 15) is 9.18 Å². The van der Waals surface area contributed by atoms with E-state index in [1.165, 1.54) is 12.1 Å². The maximum Gasteiger partial charge on any atom is 0.194 e. The Bertz CT molecular complexity index is 563. The summed E-state index contributed by atoms with van der Waals surface area (Å²) in [6, 6.07) is 10.7. The smallest absolute Gasteiger partial charge is 0.194 e. The second-order valence-corrected chi connectivity index (χ2v) is 4.79. The van der Waals surface area contributed by atoms with E-state index in [1.54, 1.807) is 30.3 Å². The minimum Gasteiger partial charge on any atom is -0.289 e. The van der Waals surface area contributed by atoms with E-state index in [0.29, 0.717) is 15.1 Å². The molecule has 0 radical (unpaired) electrons. The van der Waals surface area contributed by atoms with Crippen molar-refractivity contribution in [3.8, 4) is 0 Å². The zero-order valence-electron chi connectivity index (χ0n) is 8.58. The van der Waals surface area contributed by atoms with Gasteiger partial charge in [0.2, 0.25) is 0 Å². The number of halogens is 3. The van der Waals surface area contributed by atoms with E-state index in [2.05, 4.69) is 15.9 Å². The van der Waals surface area contributed by atoms with Crippen LogP contribution in [0.1, 0.15) is 15.9 Å². The molecule has 0 saturated carbocycles. The van der Waals surface area contributed by atoms with Gasteiger partial charge in [-0.3, -0.25) is 4.79 Å². The normalized spacial score (nSPS) is 10.3. The molecule has 0 spiro atoms. The van der Waals surface area contributed by atoms with Gasteiger partial charge in [-0.15, -0.1) is 0 Å². The van der Waals surface area contributed by atoms with E-state index < -0.39 is 5.82 Å². The minimum atomic E-state index is -0.463. The fourth-order valence-corrected chi connectivity index (χ4v) is 2.17. The predicted molar refractivity (Wildman–Crippen MR) is 69.0 cm³/mol. The molecule has 0 amide bonds. The van der Waals surface area contributed by atoms with Gasteiger partial charge < -0.3 is 0 Å². The van der Waals surface area contributed by atoms with Gasteiger partial charge in [0.1, 0.15) is 5.82 Å². The summed E-state index contributed by atoms with van der Waals surface area (Å²) in [6.07, 6.45) is 0. The summed E-state index contributed by atoms with van der Waals surface area (Å²) in [5, 5.41) is 0.359. The monoisotopic (exact) mass is 312 g/mol. The summed E-state index contributed by atoms with van der Waals surface area (Å²) in [5.41, 5.74) is 0.636. The Hall–Kier alpha value is -1.19. The number of carbonyl (C=O) groups excluding carboxylic acids is 1. The van der Waals surface area contributed by atoms with Crippen LogP contribution in [0.4, 0.5) is 4.39 Å². The molecule has 0 fully saturated rings. The van der Waals surface area contributed by atoms with Crippen molar-refractivity contribution in [2.75, 3.05) is 0 Å². The molecular weight excluding hydrogens is 306 g/mol. The molecule has 0 heterocycles. The van der Waals surface area contributed by atoms with Crippen molar-refractivity contribution >= 4 is 33.3 Å². The number of benzene rings is 2. The molecule has 2 rings (SSSR count). The Morgan fingerprint density at radius 2 is 1.88 bits per heavy atom. The topological polar surface area (TPSA) is 17.1 Å². The minimum absolute atomic E-state index is 0.268. The van der Waals surface area contributed by atoms with Crippen LogP contribution in [0.15, 0.2) is 46.9 Å². The summed E-state index contributed by atoms with van der Waals surface area (Å²) < 4.78 is 13.7. The summed E-state index contributed by atoms with van der Waals surface area (Å²) in [5.74, 6) is -0.759. The van der Waals surface area contributed by atoms with Gasteiger partial charge in [0.15, 0.2) is 5.78 Å². The molecule has 4 heteroatoms. The summed E-state index contributed by atoms with van der Waals surface area (Å²) >= 11 is 9.07. The summed E-state index contributed by atoms with van der Waals surface area (Å²) in [7, 11) is 0. The number of rotatable bonds is 2. The van der Waals surface area contributed by atoms with Crippen molar-refractivity contribution in [3.63, 3.8) is 0 Å². The zero-order valence-corrected chi connectivity index (χ0v) is 10.9. The molecule has 2 aromatic rings. The Morgan fingerprint density at radius 1 is 1.18 bits per heavy atom. The van der Waals surface area contributed by atoms with E-state index in [0.717, 1.165) is 0 Å². The van der Waals surface area contributed by atoms with E-state index in [-0.39, 0.29) is 11.3 Å². The molecule has 0 unspecified atom stereocenters. The van der Waals surface area contributed by atoms with Crippen LogP contribution in [0.2, 0.25) is 5.02 Å². The van der Waals surface area contributed by atoms with E-state index >= 15 is 0 Å². The third-order valence-electron chi connectivity index (χ3n) is 2.24. The highest BCUT2D eigenvalue weighted by Gasteiger charge is 2.13. The maximum absolute atomic E-state index is 13.2. The first kappa shape index (κ1) is 12.3. The second-order valence-electron chi connectivity index (χ2n) is 3.47. The quantitative estimate of drug-likeness (QED) is 0.748. The molecule has 0 N–H and O–H groups in total. The molecule has 0 atom stereocenters. The molecule has 0 aromatic heterocycles. The molecule has 0 aliphatic carbocycles. The number of hydrogen-bond acceptors (Lipinski definition) is 1. The van der Waals surface area contributed by atoms with E-state index in [1.807, 2.05) is 0 Å². The first-order valence-corrected chi connectivity index (χ1v) is 6.00. The highest BCUT2D eigenvalue weighted by molar-refractivity contribution is 9.10. The highest BCUT2D eigenvalue weighted by Crippen LogP contribution is 2.22. The molecule has 0 aliphatic heterocycles. The standard InChI is InChI=1S/C13H7BrClFO/c14-9-5-8(6-10(16)7-9)13(17)11-3-1-2-4-12(11)15/h1-7H. The second kappa shape index (κ2) is 4.98. The molecule has 0 aliphatic rings. The predicted octanol–water partition coefficient (Wildman–Crippen LogP) is 4.47. The third kappa shape index (κ3) is 2.73. The Morgan fingerprint density at radius 3 is 2.53 bits per heavy atom. The van der Waals surface area contributed by atoms with E-state index in [4.69, 9.17) is 11.6 Å². The molecule has 0 bridgehead atoms. The van der Waals surface area contributed by atoms with Gasteiger partial charge in [0.25, 0.3) is 0 Å². The van der Waals surface area contributed by atoms with Crippen molar-refractivity contribution in [3.05, 3.63) is 68.9 Å². The molecule has 0 saturated heterocycles. The van der Waals surface area contributed by atoms with Crippen LogP contribution >= 0.6 is 27.5 Å². The lowest BCUT2D eigenvalue weighted by molar-refractivity contribution is 0.103. The van der Waals surface area contributed by atoms with Crippen LogP contribution in [-0.2, 0) is 0 Å². The summed E-state index contributed by atoms with van der Waals surface area (Å²) in [6.45, 7) is 0. The maximum atomic E-state index is 13.2. The number of carbonyl (C=O) groups is 1. The number of hydrogen-bond donors (Lipinski definition) is 0. The lowest BCUT2D eigenvalue weighted by Crippen LogP contribution is -2.02. The van der Waals surface area contributed by atoms with Gasteiger partial charge >= 0.3 is 0 Å². The lowest BCUT2D eigenvalue weighted by Gasteiger charge is -2.04. The van der Waals surface area contributed by atoms with Gasteiger partial charge in [-0.1, -0.05) is 39.7 Å². The summed E-state index contributed by atoms with van der Waals surface area (Å²) in [4.78, 5) is 12.1. The van der Waals surface area contributed by atoms with Crippen LogP contribution in [0.3, 0.4) is 0 Å². The molecule has 17 heavy (non-hydrogen) atoms. The first-order chi connectivity index (χ1) is 8.08. The van der Waals surface area contributed by atoms with Gasteiger partial charge in [-0.2, -0.15) is 0 Å². The van der Waals surface area contributed by atoms with Crippen molar-refractivity contribution in [2.45, 2.75) is 0 Å².